The van der Waals surface area contributed by atoms with Gasteiger partial charge in [-0.25, -0.2) is 13.6 Å². The molecule has 5 nitrogen and oxygen atoms in total. The Labute approximate surface area is 206 Å². The van der Waals surface area contributed by atoms with Gasteiger partial charge in [0.1, 0.15) is 29.0 Å². The van der Waals surface area contributed by atoms with Crippen molar-refractivity contribution in [2.24, 2.45) is 0 Å². The number of ether oxygens (including phenoxy) is 1. The maximum atomic E-state index is 14.1. The number of halogens is 2. The molecule has 0 aliphatic carbocycles. The van der Waals surface area contributed by atoms with E-state index >= 15 is 0 Å². The Morgan fingerprint density at radius 1 is 0.889 bits per heavy atom. The Balaban J connectivity index is 1.51. The number of rotatable bonds is 6. The molecule has 1 amide bonds. The second-order valence-corrected chi connectivity index (χ2v) is 8.73. The summed E-state index contributed by atoms with van der Waals surface area (Å²) in [4.78, 5) is 24.6. The van der Waals surface area contributed by atoms with Crippen LogP contribution in [0.15, 0.2) is 72.8 Å². The van der Waals surface area contributed by atoms with Gasteiger partial charge in [0, 0.05) is 12.0 Å². The van der Waals surface area contributed by atoms with E-state index in [0.717, 1.165) is 64.3 Å². The number of aryl methyl sites for hydroxylation is 1. The SMILES string of the molecule is O=C(NC(Cc1ccc(-c2cccc3c2OCCC3)c2ccccc12)C(=O)O)c1c(F)cccc1F. The normalized spacial score (nSPS) is 13.5. The van der Waals surface area contributed by atoms with Crippen LogP contribution in [0.3, 0.4) is 0 Å². The van der Waals surface area contributed by atoms with E-state index < -0.39 is 35.1 Å². The highest BCUT2D eigenvalue weighted by Crippen LogP contribution is 2.40. The van der Waals surface area contributed by atoms with Gasteiger partial charge in [-0.2, -0.15) is 0 Å². The van der Waals surface area contributed by atoms with Crippen molar-refractivity contribution >= 4 is 22.6 Å². The smallest absolute Gasteiger partial charge is 0.326 e. The molecule has 0 spiro atoms. The summed E-state index contributed by atoms with van der Waals surface area (Å²) < 4.78 is 34.1. The van der Waals surface area contributed by atoms with Crippen LogP contribution in [-0.2, 0) is 17.6 Å². The van der Waals surface area contributed by atoms with Crippen LogP contribution in [0, 0.1) is 11.6 Å². The zero-order valence-corrected chi connectivity index (χ0v) is 19.3. The van der Waals surface area contributed by atoms with Crippen molar-refractivity contribution in [3.8, 4) is 16.9 Å². The van der Waals surface area contributed by atoms with Crippen molar-refractivity contribution in [1.82, 2.24) is 5.32 Å². The molecule has 4 aromatic carbocycles. The quantitative estimate of drug-likeness (QED) is 0.375. The number of carbonyl (C=O) groups excluding carboxylic acids is 1. The van der Waals surface area contributed by atoms with Gasteiger partial charge in [0.2, 0.25) is 0 Å². The lowest BCUT2D eigenvalue weighted by Crippen LogP contribution is -2.43. The third kappa shape index (κ3) is 4.40. The first-order chi connectivity index (χ1) is 17.4. The topological polar surface area (TPSA) is 75.6 Å². The highest BCUT2D eigenvalue weighted by atomic mass is 19.1. The molecular formula is C29H23F2NO4. The van der Waals surface area contributed by atoms with E-state index in [2.05, 4.69) is 11.4 Å². The molecule has 1 atom stereocenters. The summed E-state index contributed by atoms with van der Waals surface area (Å²) >= 11 is 0. The highest BCUT2D eigenvalue weighted by Gasteiger charge is 2.26. The summed E-state index contributed by atoms with van der Waals surface area (Å²) in [6.45, 7) is 0.655. The largest absolute Gasteiger partial charge is 0.493 e. The molecule has 36 heavy (non-hydrogen) atoms. The Bertz CT molecular complexity index is 1460. The number of hydrogen-bond donors (Lipinski definition) is 2. The molecule has 1 aliphatic heterocycles. The first-order valence-corrected chi connectivity index (χ1v) is 11.7. The van der Waals surface area contributed by atoms with E-state index in [-0.39, 0.29) is 6.42 Å². The van der Waals surface area contributed by atoms with Gasteiger partial charge in [-0.3, -0.25) is 4.79 Å². The number of carboxylic acid groups (broad SMARTS) is 1. The average Bonchev–Trinajstić information content (AvgIpc) is 2.88. The van der Waals surface area contributed by atoms with Crippen LogP contribution < -0.4 is 10.1 Å². The van der Waals surface area contributed by atoms with E-state index in [1.54, 1.807) is 0 Å². The zero-order chi connectivity index (χ0) is 25.2. The number of benzene rings is 4. The summed E-state index contributed by atoms with van der Waals surface area (Å²) in [5, 5.41) is 13.8. The number of carboxylic acids is 1. The van der Waals surface area contributed by atoms with Gasteiger partial charge in [0.05, 0.1) is 6.61 Å². The molecule has 4 aromatic rings. The first-order valence-electron chi connectivity index (χ1n) is 11.7. The van der Waals surface area contributed by atoms with Crippen molar-refractivity contribution in [1.29, 1.82) is 0 Å². The third-order valence-electron chi connectivity index (χ3n) is 6.46. The molecule has 0 fully saturated rings. The maximum absolute atomic E-state index is 14.1. The summed E-state index contributed by atoms with van der Waals surface area (Å²) in [6, 6.07) is 19.1. The lowest BCUT2D eigenvalue weighted by molar-refractivity contribution is -0.139. The Morgan fingerprint density at radius 2 is 1.61 bits per heavy atom. The fourth-order valence-electron chi connectivity index (χ4n) is 4.74. The molecule has 7 heteroatoms. The van der Waals surface area contributed by atoms with Crippen molar-refractivity contribution in [3.63, 3.8) is 0 Å². The predicted octanol–water partition coefficient (Wildman–Crippen LogP) is 5.54. The van der Waals surface area contributed by atoms with Crippen LogP contribution in [0.4, 0.5) is 8.78 Å². The maximum Gasteiger partial charge on any atom is 0.326 e. The summed E-state index contributed by atoms with van der Waals surface area (Å²) in [6.07, 6.45) is 1.85. The predicted molar refractivity (Wildman–Crippen MR) is 132 cm³/mol. The molecule has 0 aromatic heterocycles. The molecule has 2 N–H and O–H groups in total. The molecule has 1 heterocycles. The van der Waals surface area contributed by atoms with Crippen molar-refractivity contribution < 1.29 is 28.2 Å². The van der Waals surface area contributed by atoms with E-state index in [1.165, 1.54) is 0 Å². The molecule has 1 aliphatic rings. The number of para-hydroxylation sites is 1. The third-order valence-corrected chi connectivity index (χ3v) is 6.46. The molecule has 0 saturated heterocycles. The number of aliphatic carboxylic acids is 1. The van der Waals surface area contributed by atoms with E-state index in [4.69, 9.17) is 4.74 Å². The Hall–Kier alpha value is -4.26. The minimum absolute atomic E-state index is 0.0681. The molecule has 0 saturated carbocycles. The minimum Gasteiger partial charge on any atom is -0.493 e. The molecule has 0 bridgehead atoms. The van der Waals surface area contributed by atoms with Gasteiger partial charge in [-0.15, -0.1) is 0 Å². The number of carbonyl (C=O) groups is 2. The summed E-state index contributed by atoms with van der Waals surface area (Å²) in [5.74, 6) is -3.67. The molecule has 0 radical (unpaired) electrons. The number of hydrogen-bond acceptors (Lipinski definition) is 3. The van der Waals surface area contributed by atoms with E-state index in [9.17, 15) is 23.5 Å². The number of nitrogens with one attached hydrogen (secondary N) is 1. The fraction of sp³-hybridized carbons (Fsp3) is 0.172. The highest BCUT2D eigenvalue weighted by molar-refractivity contribution is 6.01. The van der Waals surface area contributed by atoms with Crippen LogP contribution in [0.2, 0.25) is 0 Å². The first kappa shape index (κ1) is 23.5. The second kappa shape index (κ2) is 9.77. The van der Waals surface area contributed by atoms with E-state index in [0.29, 0.717) is 12.2 Å². The Kier molecular flexibility index (Phi) is 6.38. The average molecular weight is 488 g/mol. The standard InChI is InChI=1S/C29H23F2NO4/c30-23-11-4-12-24(31)26(23)28(33)32-25(29(34)35)16-18-13-14-21(20-9-2-1-8-19(18)20)22-10-3-6-17-7-5-15-36-27(17)22/h1-4,6,8-14,25H,5,7,15-16H2,(H,32,33)(H,34,35). The number of amides is 1. The lowest BCUT2D eigenvalue weighted by Gasteiger charge is -2.22. The van der Waals surface area contributed by atoms with Gasteiger partial charge in [-0.1, -0.05) is 60.7 Å². The minimum atomic E-state index is -1.39. The van der Waals surface area contributed by atoms with Crippen LogP contribution in [-0.4, -0.2) is 29.6 Å². The van der Waals surface area contributed by atoms with Gasteiger partial charge in [0.25, 0.3) is 5.91 Å². The number of fused-ring (bicyclic) bond motifs is 2. The monoisotopic (exact) mass is 487 g/mol. The fourth-order valence-corrected chi connectivity index (χ4v) is 4.74. The molecule has 5 rings (SSSR count). The molecular weight excluding hydrogens is 464 g/mol. The summed E-state index contributed by atoms with van der Waals surface area (Å²) in [7, 11) is 0. The van der Waals surface area contributed by atoms with Gasteiger partial charge in [-0.05, 0) is 52.4 Å². The zero-order valence-electron chi connectivity index (χ0n) is 19.3. The second-order valence-electron chi connectivity index (χ2n) is 8.73. The summed E-state index contributed by atoms with van der Waals surface area (Å²) in [5.41, 5.74) is 2.95. The van der Waals surface area contributed by atoms with Crippen molar-refractivity contribution in [2.75, 3.05) is 6.61 Å². The van der Waals surface area contributed by atoms with Crippen LogP contribution >= 0.6 is 0 Å². The van der Waals surface area contributed by atoms with Crippen LogP contribution in [0.1, 0.15) is 27.9 Å². The van der Waals surface area contributed by atoms with Crippen molar-refractivity contribution in [2.45, 2.75) is 25.3 Å². The van der Waals surface area contributed by atoms with Crippen molar-refractivity contribution in [3.05, 3.63) is 101 Å². The van der Waals surface area contributed by atoms with Gasteiger partial charge < -0.3 is 15.2 Å². The molecule has 182 valence electrons. The Morgan fingerprint density at radius 3 is 2.36 bits per heavy atom. The van der Waals surface area contributed by atoms with Crippen LogP contribution in [0.25, 0.3) is 21.9 Å². The van der Waals surface area contributed by atoms with Crippen LogP contribution in [0.5, 0.6) is 5.75 Å². The lowest BCUT2D eigenvalue weighted by atomic mass is 9.90. The van der Waals surface area contributed by atoms with Gasteiger partial charge in [0.15, 0.2) is 0 Å². The van der Waals surface area contributed by atoms with E-state index in [1.807, 2.05) is 48.5 Å². The van der Waals surface area contributed by atoms with Gasteiger partial charge >= 0.3 is 5.97 Å². The molecule has 1 unspecified atom stereocenters.